The largest absolute Gasteiger partial charge is 0.284 e. The summed E-state index contributed by atoms with van der Waals surface area (Å²) in [6.45, 7) is 0. The zero-order valence-electron chi connectivity index (χ0n) is 12.4. The lowest BCUT2D eigenvalue weighted by atomic mass is 10.2. The zero-order chi connectivity index (χ0) is 16.5. The Bertz CT molecular complexity index is 876. The normalized spacial score (nSPS) is 20.3. The maximum atomic E-state index is 12.7. The van der Waals surface area contributed by atoms with Crippen molar-refractivity contribution in [2.45, 2.75) is 0 Å². The highest BCUT2D eigenvalue weighted by molar-refractivity contribution is 8.31. The third kappa shape index (κ3) is 2.64. The second-order valence-electron chi connectivity index (χ2n) is 5.15. The van der Waals surface area contributed by atoms with Gasteiger partial charge in [-0.15, -0.1) is 0 Å². The van der Waals surface area contributed by atoms with Gasteiger partial charge >= 0.3 is 0 Å². The van der Waals surface area contributed by atoms with Gasteiger partial charge in [0.15, 0.2) is 0 Å². The van der Waals surface area contributed by atoms with Crippen LogP contribution in [0.5, 0.6) is 0 Å². The summed E-state index contributed by atoms with van der Waals surface area (Å²) >= 11 is 2.88. The molecule has 0 unspecified atom stereocenters. The lowest BCUT2D eigenvalue weighted by molar-refractivity contribution is -0.117. The Hall–Kier alpha value is -2.44. The Morgan fingerprint density at radius 1 is 0.875 bits per heavy atom. The van der Waals surface area contributed by atoms with Crippen LogP contribution in [0.4, 0.5) is 5.69 Å². The van der Waals surface area contributed by atoms with Crippen LogP contribution >= 0.6 is 23.5 Å². The molecule has 2 amide bonds. The minimum Gasteiger partial charge on any atom is -0.267 e. The molecule has 1 saturated heterocycles. The van der Waals surface area contributed by atoms with Crippen molar-refractivity contribution < 1.29 is 9.59 Å². The first-order valence-corrected chi connectivity index (χ1v) is 8.98. The molecule has 0 radical (unpaired) electrons. The molecule has 0 spiro atoms. The van der Waals surface area contributed by atoms with Gasteiger partial charge in [0.05, 0.1) is 9.92 Å². The molecule has 6 heteroatoms. The highest BCUT2D eigenvalue weighted by Crippen LogP contribution is 2.50. The number of rotatable bonds is 2. The minimum atomic E-state index is -0.360. The molecule has 2 heterocycles. The Morgan fingerprint density at radius 2 is 1.54 bits per heavy atom. The van der Waals surface area contributed by atoms with E-state index in [1.165, 1.54) is 28.5 Å². The van der Waals surface area contributed by atoms with Crippen LogP contribution in [-0.2, 0) is 9.59 Å². The molecule has 2 aliphatic rings. The molecule has 0 atom stereocenters. The lowest BCUT2D eigenvalue weighted by Crippen LogP contribution is -2.35. The number of hydrogen-bond acceptors (Lipinski definition) is 4. The molecule has 4 nitrogen and oxygen atoms in total. The molecule has 2 aliphatic heterocycles. The van der Waals surface area contributed by atoms with E-state index in [2.05, 4.69) is 5.43 Å². The van der Waals surface area contributed by atoms with Crippen LogP contribution < -0.4 is 10.4 Å². The van der Waals surface area contributed by atoms with Gasteiger partial charge in [-0.25, -0.2) is 5.01 Å². The van der Waals surface area contributed by atoms with Crippen LogP contribution in [0.25, 0.3) is 4.91 Å². The number of carbonyl (C=O) groups is 2. The van der Waals surface area contributed by atoms with E-state index in [0.29, 0.717) is 5.69 Å². The average Bonchev–Trinajstić information content (AvgIpc) is 3.21. The smallest absolute Gasteiger partial charge is 0.267 e. The average molecular weight is 352 g/mol. The van der Waals surface area contributed by atoms with Gasteiger partial charge in [0, 0.05) is 4.91 Å². The third-order valence-electron chi connectivity index (χ3n) is 3.61. The fraction of sp³-hybridized carbons (Fsp3) is 0. The van der Waals surface area contributed by atoms with Crippen LogP contribution in [0.3, 0.4) is 0 Å². The van der Waals surface area contributed by atoms with E-state index in [1.807, 2.05) is 53.9 Å². The molecule has 1 N–H and O–H groups in total. The number of nitrogens with zero attached hydrogens (tertiary/aromatic N) is 1. The molecule has 0 aromatic heterocycles. The summed E-state index contributed by atoms with van der Waals surface area (Å²) in [7, 11) is 0. The van der Waals surface area contributed by atoms with Gasteiger partial charge in [0.1, 0.15) is 5.57 Å². The van der Waals surface area contributed by atoms with E-state index in [1.54, 1.807) is 12.1 Å². The first-order valence-electron chi connectivity index (χ1n) is 7.29. The van der Waals surface area contributed by atoms with Crippen LogP contribution in [-0.4, -0.2) is 11.8 Å². The first kappa shape index (κ1) is 15.1. The van der Waals surface area contributed by atoms with Crippen LogP contribution in [0.15, 0.2) is 75.9 Å². The summed E-state index contributed by atoms with van der Waals surface area (Å²) in [5.74, 6) is -0.675. The van der Waals surface area contributed by atoms with E-state index in [0.717, 1.165) is 14.7 Å². The SMILES string of the molecule is O=C1NN(c2ccccc2)C(=O)C1=C1SC=C(c2ccccc2)S1. The molecule has 118 valence electrons. The van der Waals surface area contributed by atoms with Gasteiger partial charge in [0.2, 0.25) is 0 Å². The summed E-state index contributed by atoms with van der Waals surface area (Å²) in [5, 5.41) is 3.28. The van der Waals surface area contributed by atoms with Gasteiger partial charge < -0.3 is 0 Å². The van der Waals surface area contributed by atoms with Crippen molar-refractivity contribution in [2.75, 3.05) is 5.01 Å². The number of anilines is 1. The molecule has 24 heavy (non-hydrogen) atoms. The number of hydrogen-bond donors (Lipinski definition) is 1. The molecular weight excluding hydrogens is 340 g/mol. The Labute approximate surface area is 147 Å². The van der Waals surface area contributed by atoms with Crippen molar-refractivity contribution in [2.24, 2.45) is 0 Å². The van der Waals surface area contributed by atoms with E-state index in [9.17, 15) is 9.59 Å². The number of benzene rings is 2. The predicted octanol–water partition coefficient (Wildman–Crippen LogP) is 3.75. The highest BCUT2D eigenvalue weighted by Gasteiger charge is 2.38. The van der Waals surface area contributed by atoms with Crippen molar-refractivity contribution in [3.8, 4) is 0 Å². The quantitative estimate of drug-likeness (QED) is 0.660. The van der Waals surface area contributed by atoms with Crippen LogP contribution in [0.1, 0.15) is 5.56 Å². The van der Waals surface area contributed by atoms with Crippen molar-refractivity contribution in [1.29, 1.82) is 0 Å². The number of thioether (sulfide) groups is 2. The van der Waals surface area contributed by atoms with Crippen LogP contribution in [0.2, 0.25) is 0 Å². The summed E-state index contributed by atoms with van der Waals surface area (Å²) in [4.78, 5) is 26.0. The third-order valence-corrected chi connectivity index (χ3v) is 6.03. The summed E-state index contributed by atoms with van der Waals surface area (Å²) in [6, 6.07) is 19.0. The maximum Gasteiger partial charge on any atom is 0.284 e. The van der Waals surface area contributed by atoms with E-state index in [-0.39, 0.29) is 17.4 Å². The maximum absolute atomic E-state index is 12.7. The predicted molar refractivity (Wildman–Crippen MR) is 98.7 cm³/mol. The Kier molecular flexibility index (Phi) is 3.92. The molecular formula is C18H12N2O2S2. The molecule has 0 aliphatic carbocycles. The van der Waals surface area contributed by atoms with Crippen molar-refractivity contribution in [3.05, 3.63) is 81.4 Å². The fourth-order valence-electron chi connectivity index (χ4n) is 2.45. The van der Waals surface area contributed by atoms with Gasteiger partial charge in [0.25, 0.3) is 11.8 Å². The molecule has 0 saturated carbocycles. The van der Waals surface area contributed by atoms with Crippen LogP contribution in [0, 0.1) is 0 Å². The van der Waals surface area contributed by atoms with Crippen molar-refractivity contribution in [3.63, 3.8) is 0 Å². The molecule has 2 aromatic rings. The van der Waals surface area contributed by atoms with E-state index >= 15 is 0 Å². The lowest BCUT2D eigenvalue weighted by Gasteiger charge is -2.14. The number of amides is 2. The highest BCUT2D eigenvalue weighted by atomic mass is 32.2. The number of carbonyl (C=O) groups excluding carboxylic acids is 2. The number of nitrogens with one attached hydrogen (secondary N) is 1. The van der Waals surface area contributed by atoms with Crippen molar-refractivity contribution in [1.82, 2.24) is 5.43 Å². The summed E-state index contributed by atoms with van der Waals surface area (Å²) in [5.41, 5.74) is 4.57. The molecule has 2 aromatic carbocycles. The molecule has 0 bridgehead atoms. The number of hydrazine groups is 1. The molecule has 1 fully saturated rings. The minimum absolute atomic E-state index is 0.205. The van der Waals surface area contributed by atoms with E-state index in [4.69, 9.17) is 0 Å². The van der Waals surface area contributed by atoms with Gasteiger partial charge in [-0.2, -0.15) is 0 Å². The first-order chi connectivity index (χ1) is 11.7. The zero-order valence-corrected chi connectivity index (χ0v) is 14.1. The van der Waals surface area contributed by atoms with Gasteiger partial charge in [-0.1, -0.05) is 72.1 Å². The fourth-order valence-corrected chi connectivity index (χ4v) is 4.78. The second-order valence-corrected chi connectivity index (χ2v) is 7.34. The second kappa shape index (κ2) is 6.22. The van der Waals surface area contributed by atoms with Gasteiger partial charge in [-0.3, -0.25) is 15.0 Å². The molecule has 4 rings (SSSR count). The van der Waals surface area contributed by atoms with Crippen molar-refractivity contribution >= 4 is 45.9 Å². The Morgan fingerprint density at radius 3 is 2.25 bits per heavy atom. The Balaban J connectivity index is 1.62. The monoisotopic (exact) mass is 352 g/mol. The summed E-state index contributed by atoms with van der Waals surface area (Å²) in [6.07, 6.45) is 0. The summed E-state index contributed by atoms with van der Waals surface area (Å²) < 4.78 is 0.717. The standard InChI is InChI=1S/C18H12N2O2S2/c21-16-15(17(22)20(19-16)13-9-5-2-6-10-13)18-23-11-14(24-18)12-7-3-1-4-8-12/h1-11H,(H,19,21). The number of para-hydroxylation sites is 1. The topological polar surface area (TPSA) is 49.4 Å². The van der Waals surface area contributed by atoms with Gasteiger partial charge in [-0.05, 0) is 23.1 Å². The van der Waals surface area contributed by atoms with E-state index < -0.39 is 0 Å².